The first kappa shape index (κ1) is 36.3. The van der Waals surface area contributed by atoms with Gasteiger partial charge in [-0.3, -0.25) is 13.6 Å². The third-order valence-electron chi connectivity index (χ3n) is 7.93. The molecule has 0 spiro atoms. The van der Waals surface area contributed by atoms with E-state index in [9.17, 15) is 20.0 Å². The van der Waals surface area contributed by atoms with Gasteiger partial charge in [0, 0.05) is 13.7 Å². The summed E-state index contributed by atoms with van der Waals surface area (Å²) in [6.07, 6.45) is 13.9. The van der Waals surface area contributed by atoms with Crippen LogP contribution in [0.25, 0.3) is 5.52 Å². The number of hydrogen-bond acceptors (Lipinski definition) is 12. The minimum atomic E-state index is -4.24. The van der Waals surface area contributed by atoms with Gasteiger partial charge < -0.3 is 25.4 Å². The molecule has 13 nitrogen and oxygen atoms in total. The van der Waals surface area contributed by atoms with Crippen LogP contribution in [0, 0.1) is 11.3 Å². The second kappa shape index (κ2) is 18.7. The molecule has 5 atom stereocenters. The van der Waals surface area contributed by atoms with Crippen LogP contribution in [0.3, 0.4) is 0 Å². The van der Waals surface area contributed by atoms with Crippen LogP contribution in [0.4, 0.5) is 5.82 Å². The third-order valence-corrected chi connectivity index (χ3v) is 9.34. The number of nitrogens with two attached hydrogens (primary N) is 1. The van der Waals surface area contributed by atoms with E-state index in [2.05, 4.69) is 17.0 Å². The maximum Gasteiger partial charge on any atom is 0.477 e. The molecule has 1 aliphatic heterocycles. The SMILES string of the molecule is CCCCCCCCCCCCCCCCOCCOP(=O)(OC)O[C@H]1O[C@@](C#N)(c2ccc3c(N)ncnn23)[C@H](O)[C@@H]1O. The average molecular weight is 640 g/mol. The number of unbranched alkanes of at least 4 members (excludes halogenated alkanes) is 13. The van der Waals surface area contributed by atoms with Crippen LogP contribution in [0.2, 0.25) is 0 Å². The number of nitrogen functional groups attached to an aromatic ring is 1. The Morgan fingerprint density at radius 2 is 1.61 bits per heavy atom. The zero-order chi connectivity index (χ0) is 31.8. The molecule has 0 radical (unpaired) electrons. The number of nitriles is 1. The van der Waals surface area contributed by atoms with Crippen molar-refractivity contribution in [3.05, 3.63) is 24.2 Å². The lowest BCUT2D eigenvalue weighted by atomic mass is 9.93. The van der Waals surface area contributed by atoms with E-state index in [-0.39, 0.29) is 24.7 Å². The van der Waals surface area contributed by atoms with Gasteiger partial charge in [-0.15, -0.1) is 0 Å². The van der Waals surface area contributed by atoms with Gasteiger partial charge in [0.2, 0.25) is 5.60 Å². The van der Waals surface area contributed by atoms with Crippen molar-refractivity contribution in [1.29, 1.82) is 5.26 Å². The van der Waals surface area contributed by atoms with Crippen LogP contribution in [0.5, 0.6) is 0 Å². The minimum absolute atomic E-state index is 0.0758. The number of anilines is 1. The predicted octanol–water partition coefficient (Wildman–Crippen LogP) is 5.39. The number of nitrogens with zero attached hydrogens (tertiary/aromatic N) is 4. The first-order valence-electron chi connectivity index (χ1n) is 15.9. The second-order valence-corrected chi connectivity index (χ2v) is 12.9. The van der Waals surface area contributed by atoms with Crippen LogP contribution in [0.15, 0.2) is 18.5 Å². The monoisotopic (exact) mass is 639 g/mol. The van der Waals surface area contributed by atoms with Crippen LogP contribution in [-0.2, 0) is 33.2 Å². The Hall–Kier alpha value is -2.14. The Morgan fingerprint density at radius 3 is 2.20 bits per heavy atom. The van der Waals surface area contributed by atoms with E-state index in [0.29, 0.717) is 12.1 Å². The first-order chi connectivity index (χ1) is 21.3. The van der Waals surface area contributed by atoms with Gasteiger partial charge in [-0.25, -0.2) is 14.1 Å². The lowest BCUT2D eigenvalue weighted by Crippen LogP contribution is -2.40. The molecular formula is C30H50N5O8P. The molecule has 1 saturated heterocycles. The van der Waals surface area contributed by atoms with Gasteiger partial charge in [0.05, 0.1) is 18.9 Å². The predicted molar refractivity (Wildman–Crippen MR) is 164 cm³/mol. The summed E-state index contributed by atoms with van der Waals surface area (Å²) in [5, 5.41) is 35.6. The summed E-state index contributed by atoms with van der Waals surface area (Å²) in [7, 11) is -3.13. The van der Waals surface area contributed by atoms with Crippen molar-refractivity contribution >= 4 is 19.2 Å². The summed E-state index contributed by atoms with van der Waals surface area (Å²) in [5.41, 5.74) is 4.19. The fourth-order valence-electron chi connectivity index (χ4n) is 5.35. The Kier molecular flexibility index (Phi) is 15.5. The van der Waals surface area contributed by atoms with Crippen molar-refractivity contribution < 1.29 is 37.8 Å². The van der Waals surface area contributed by atoms with Gasteiger partial charge in [-0.05, 0) is 18.6 Å². The van der Waals surface area contributed by atoms with Crippen LogP contribution in [-0.4, -0.2) is 70.2 Å². The van der Waals surface area contributed by atoms with Gasteiger partial charge in [0.15, 0.2) is 12.1 Å². The molecule has 248 valence electrons. The summed E-state index contributed by atoms with van der Waals surface area (Å²) in [6, 6.07) is 4.89. The van der Waals surface area contributed by atoms with Crippen molar-refractivity contribution in [2.45, 2.75) is 121 Å². The molecule has 1 fully saturated rings. The quantitative estimate of drug-likeness (QED) is 0.104. The van der Waals surface area contributed by atoms with Crippen LogP contribution >= 0.6 is 7.82 Å². The lowest BCUT2D eigenvalue weighted by Gasteiger charge is -2.24. The highest BCUT2D eigenvalue weighted by Crippen LogP contribution is 2.53. The number of ether oxygens (including phenoxy) is 2. The molecule has 44 heavy (non-hydrogen) atoms. The van der Waals surface area contributed by atoms with E-state index >= 15 is 0 Å². The fraction of sp³-hybridized carbons (Fsp3) is 0.767. The highest BCUT2D eigenvalue weighted by molar-refractivity contribution is 7.48. The molecule has 3 rings (SSSR count). The van der Waals surface area contributed by atoms with E-state index < -0.39 is 31.9 Å². The number of fused-ring (bicyclic) bond motifs is 1. The number of aliphatic hydroxyl groups is 2. The fourth-order valence-corrected chi connectivity index (χ4v) is 6.33. The zero-order valence-corrected chi connectivity index (χ0v) is 27.0. The standard InChI is InChI=1S/C30H50N5O8P/c1-3-4-5-6-7-8-9-10-11-12-13-14-15-16-19-40-20-21-41-44(38,39-2)43-29-26(36)27(37)30(22-31,42-29)25-18-17-24-28(32)33-23-34-35(24)25/h17-18,23,26-27,29,36-37H,3-16,19-21H2,1-2H3,(H2,32,33,34)/t26-,27+,29+,30-,44?/m0/s1. The highest BCUT2D eigenvalue weighted by atomic mass is 31.2. The first-order valence-corrected chi connectivity index (χ1v) is 17.4. The van der Waals surface area contributed by atoms with Gasteiger partial charge >= 0.3 is 7.82 Å². The molecule has 0 aromatic carbocycles. The number of phosphoric ester groups is 1. The zero-order valence-electron chi connectivity index (χ0n) is 26.1. The van der Waals surface area contributed by atoms with E-state index in [4.69, 9.17) is 28.8 Å². The minimum Gasteiger partial charge on any atom is -0.386 e. The molecule has 1 aliphatic rings. The number of aromatic nitrogens is 3. The van der Waals surface area contributed by atoms with Gasteiger partial charge in [-0.1, -0.05) is 90.4 Å². The molecule has 3 heterocycles. The topological polar surface area (TPSA) is 184 Å². The van der Waals surface area contributed by atoms with Crippen molar-refractivity contribution in [3.63, 3.8) is 0 Å². The van der Waals surface area contributed by atoms with Gasteiger partial charge in [-0.2, -0.15) is 10.4 Å². The van der Waals surface area contributed by atoms with E-state index in [1.165, 1.54) is 94.0 Å². The van der Waals surface area contributed by atoms with Crippen molar-refractivity contribution in [1.82, 2.24) is 14.6 Å². The van der Waals surface area contributed by atoms with E-state index in [0.717, 1.165) is 20.0 Å². The summed E-state index contributed by atoms with van der Waals surface area (Å²) < 4.78 is 41.3. The Balaban J connectivity index is 1.31. The molecule has 14 heteroatoms. The summed E-state index contributed by atoms with van der Waals surface area (Å²) in [6.45, 7) is 2.87. The van der Waals surface area contributed by atoms with Crippen LogP contribution < -0.4 is 5.73 Å². The molecule has 1 unspecified atom stereocenters. The average Bonchev–Trinajstić information content (AvgIpc) is 3.57. The lowest BCUT2D eigenvalue weighted by molar-refractivity contribution is -0.144. The number of hydrogen-bond donors (Lipinski definition) is 3. The number of phosphoric acid groups is 1. The summed E-state index contributed by atoms with van der Waals surface area (Å²) in [5.74, 6) is 0.143. The molecule has 0 aliphatic carbocycles. The molecule has 0 saturated carbocycles. The maximum absolute atomic E-state index is 13.1. The molecule has 0 amide bonds. The maximum atomic E-state index is 13.1. The summed E-state index contributed by atoms with van der Waals surface area (Å²) in [4.78, 5) is 3.89. The van der Waals surface area contributed by atoms with Gasteiger partial charge in [0.25, 0.3) is 0 Å². The van der Waals surface area contributed by atoms with Crippen molar-refractivity contribution in [3.8, 4) is 6.07 Å². The highest BCUT2D eigenvalue weighted by Gasteiger charge is 2.59. The third kappa shape index (κ3) is 9.93. The Bertz CT molecular complexity index is 1210. The Labute approximate surface area is 260 Å². The van der Waals surface area contributed by atoms with Crippen LogP contribution in [0.1, 0.15) is 103 Å². The molecule has 2 aromatic heterocycles. The Morgan fingerprint density at radius 1 is 1.00 bits per heavy atom. The van der Waals surface area contributed by atoms with Crippen molar-refractivity contribution in [2.24, 2.45) is 0 Å². The molecule has 2 aromatic rings. The summed E-state index contributed by atoms with van der Waals surface area (Å²) >= 11 is 0. The second-order valence-electron chi connectivity index (χ2n) is 11.2. The molecule has 4 N–H and O–H groups in total. The largest absolute Gasteiger partial charge is 0.477 e. The molecule has 0 bridgehead atoms. The normalized spacial score (nSPS) is 23.2. The number of rotatable bonds is 23. The van der Waals surface area contributed by atoms with E-state index in [1.807, 2.05) is 6.07 Å². The number of aliphatic hydroxyl groups excluding tert-OH is 2. The van der Waals surface area contributed by atoms with Crippen molar-refractivity contribution in [2.75, 3.05) is 32.7 Å². The smallest absolute Gasteiger partial charge is 0.386 e. The van der Waals surface area contributed by atoms with E-state index in [1.54, 1.807) is 6.07 Å². The van der Waals surface area contributed by atoms with Gasteiger partial charge in [0.1, 0.15) is 30.1 Å². The molecular weight excluding hydrogens is 589 g/mol.